The molecule has 0 aliphatic carbocycles. The zero-order valence-corrected chi connectivity index (χ0v) is 6.27. The van der Waals surface area contributed by atoms with Gasteiger partial charge in [0.2, 0.25) is 0 Å². The monoisotopic (exact) mass is 212 g/mol. The van der Waals surface area contributed by atoms with Crippen molar-refractivity contribution in [2.24, 2.45) is 0 Å². The van der Waals surface area contributed by atoms with Crippen LogP contribution in [0.3, 0.4) is 0 Å². The molecular weight excluding hydrogens is 204 g/mol. The fourth-order valence-corrected chi connectivity index (χ4v) is 2.87. The van der Waals surface area contributed by atoms with Crippen LogP contribution in [0.4, 0.5) is 0 Å². The van der Waals surface area contributed by atoms with Gasteiger partial charge in [-0.1, -0.05) is 0 Å². The standard InChI is InChI=1S/C5H6OTe/c1-4-2-3-7-5(4)6/h1-3H2. The summed E-state index contributed by atoms with van der Waals surface area (Å²) >= 11 is -0.251. The quantitative estimate of drug-likeness (QED) is 0.422. The third kappa shape index (κ3) is 1.05. The molecule has 2 heteroatoms. The van der Waals surface area contributed by atoms with E-state index in [1.165, 1.54) is 0 Å². The zero-order chi connectivity index (χ0) is 5.28. The Kier molecular flexibility index (Phi) is 1.51. The molecular formula is C5H6OTe. The Morgan fingerprint density at radius 1 is 1.71 bits per heavy atom. The van der Waals surface area contributed by atoms with Gasteiger partial charge in [0.25, 0.3) is 0 Å². The Balaban J connectivity index is 2.65. The molecule has 0 aromatic carbocycles. The Morgan fingerprint density at radius 2 is 2.43 bits per heavy atom. The van der Waals surface area contributed by atoms with Crippen LogP contribution in [-0.2, 0) is 4.79 Å². The molecule has 1 rings (SSSR count). The molecule has 1 fully saturated rings. The Labute approximate surface area is 52.9 Å². The van der Waals surface area contributed by atoms with E-state index in [2.05, 4.69) is 6.58 Å². The summed E-state index contributed by atoms with van der Waals surface area (Å²) < 4.78 is 1.55. The van der Waals surface area contributed by atoms with E-state index >= 15 is 0 Å². The predicted molar refractivity (Wildman–Crippen MR) is 29.3 cm³/mol. The van der Waals surface area contributed by atoms with Gasteiger partial charge in [-0.3, -0.25) is 0 Å². The van der Waals surface area contributed by atoms with Crippen LogP contribution in [0.1, 0.15) is 6.42 Å². The first kappa shape index (κ1) is 5.34. The van der Waals surface area contributed by atoms with Crippen LogP contribution in [0.25, 0.3) is 0 Å². The van der Waals surface area contributed by atoms with E-state index in [0.717, 1.165) is 16.5 Å². The average Bonchev–Trinajstić information content (AvgIpc) is 1.91. The summed E-state index contributed by atoms with van der Waals surface area (Å²) in [6.45, 7) is 3.62. The van der Waals surface area contributed by atoms with Crippen molar-refractivity contribution < 1.29 is 4.79 Å². The molecule has 38 valence electrons. The van der Waals surface area contributed by atoms with E-state index < -0.39 is 0 Å². The first-order valence-electron chi connectivity index (χ1n) is 2.15. The third-order valence-electron chi connectivity index (χ3n) is 0.926. The molecule has 0 N–H and O–H groups in total. The molecule has 1 saturated heterocycles. The van der Waals surface area contributed by atoms with Crippen LogP contribution in [0.5, 0.6) is 0 Å². The number of hydrogen-bond acceptors (Lipinski definition) is 1. The molecule has 0 bridgehead atoms. The molecule has 0 saturated carbocycles. The van der Waals surface area contributed by atoms with Crippen LogP contribution in [-0.4, -0.2) is 24.8 Å². The Morgan fingerprint density at radius 3 is 2.57 bits per heavy atom. The van der Waals surface area contributed by atoms with Crippen molar-refractivity contribution in [3.8, 4) is 0 Å². The van der Waals surface area contributed by atoms with Gasteiger partial charge >= 0.3 is 52.6 Å². The van der Waals surface area contributed by atoms with E-state index in [4.69, 9.17) is 0 Å². The van der Waals surface area contributed by atoms with Gasteiger partial charge in [0.05, 0.1) is 0 Å². The number of allylic oxidation sites excluding steroid dienone is 1. The first-order valence-corrected chi connectivity index (χ1v) is 4.97. The minimum absolute atomic E-state index is 0.251. The molecule has 1 aliphatic heterocycles. The predicted octanol–water partition coefficient (Wildman–Crippen LogP) is 0.595. The first-order chi connectivity index (χ1) is 3.30. The van der Waals surface area contributed by atoms with E-state index in [9.17, 15) is 4.79 Å². The molecule has 0 spiro atoms. The van der Waals surface area contributed by atoms with Crippen molar-refractivity contribution in [1.82, 2.24) is 0 Å². The zero-order valence-electron chi connectivity index (χ0n) is 3.94. The van der Waals surface area contributed by atoms with E-state index in [1.807, 2.05) is 0 Å². The summed E-state index contributed by atoms with van der Waals surface area (Å²) in [4.78, 5) is 10.5. The van der Waals surface area contributed by atoms with Crippen LogP contribution in [0.15, 0.2) is 12.2 Å². The molecule has 0 aromatic rings. The molecule has 0 radical (unpaired) electrons. The number of hydrogen-bond donors (Lipinski definition) is 0. The number of carbonyl (C=O) groups excluding carboxylic acids is 1. The number of rotatable bonds is 0. The van der Waals surface area contributed by atoms with E-state index in [0.29, 0.717) is 3.83 Å². The second-order valence-corrected chi connectivity index (χ2v) is 4.54. The second-order valence-electron chi connectivity index (χ2n) is 1.49. The maximum absolute atomic E-state index is 10.5. The van der Waals surface area contributed by atoms with Gasteiger partial charge in [-0.05, 0) is 0 Å². The van der Waals surface area contributed by atoms with Crippen molar-refractivity contribution in [2.75, 3.05) is 0 Å². The summed E-state index contributed by atoms with van der Waals surface area (Å²) in [6.07, 6.45) is 0.987. The van der Waals surface area contributed by atoms with Crippen molar-refractivity contribution in [3.05, 3.63) is 12.2 Å². The molecule has 0 unspecified atom stereocenters. The van der Waals surface area contributed by atoms with Gasteiger partial charge < -0.3 is 0 Å². The molecule has 0 amide bonds. The van der Waals surface area contributed by atoms with Crippen molar-refractivity contribution >= 4 is 24.8 Å². The average molecular weight is 210 g/mol. The van der Waals surface area contributed by atoms with Crippen LogP contribution in [0, 0.1) is 0 Å². The van der Waals surface area contributed by atoms with Gasteiger partial charge in [-0.25, -0.2) is 0 Å². The van der Waals surface area contributed by atoms with Crippen molar-refractivity contribution in [2.45, 2.75) is 10.9 Å². The van der Waals surface area contributed by atoms with Crippen molar-refractivity contribution in [3.63, 3.8) is 0 Å². The molecule has 0 aromatic heterocycles. The second kappa shape index (κ2) is 1.98. The van der Waals surface area contributed by atoms with E-state index in [-0.39, 0.29) is 20.9 Å². The van der Waals surface area contributed by atoms with Gasteiger partial charge in [-0.2, -0.15) is 0 Å². The topological polar surface area (TPSA) is 17.1 Å². The fourth-order valence-electron chi connectivity index (χ4n) is 0.471. The van der Waals surface area contributed by atoms with Gasteiger partial charge in [-0.15, -0.1) is 0 Å². The third-order valence-corrected chi connectivity index (χ3v) is 3.66. The Hall–Kier alpha value is 0.200. The number of carbonyl (C=O) groups is 1. The van der Waals surface area contributed by atoms with Crippen LogP contribution < -0.4 is 0 Å². The normalized spacial score (nSPS) is 21.1. The summed E-state index contributed by atoms with van der Waals surface area (Å²) in [7, 11) is 0. The van der Waals surface area contributed by atoms with Crippen LogP contribution >= 0.6 is 0 Å². The minimum atomic E-state index is -0.251. The molecule has 7 heavy (non-hydrogen) atoms. The van der Waals surface area contributed by atoms with Gasteiger partial charge in [0.15, 0.2) is 0 Å². The van der Waals surface area contributed by atoms with Crippen LogP contribution in [0.2, 0.25) is 4.47 Å². The molecule has 1 nitrogen and oxygen atoms in total. The SMILES string of the molecule is C=C1CC[Te]C1=O. The fraction of sp³-hybridized carbons (Fsp3) is 0.400. The van der Waals surface area contributed by atoms with Crippen molar-refractivity contribution in [1.29, 1.82) is 0 Å². The summed E-state index contributed by atoms with van der Waals surface area (Å²) in [5.41, 5.74) is 0.877. The summed E-state index contributed by atoms with van der Waals surface area (Å²) in [5, 5.41) is 0. The summed E-state index contributed by atoms with van der Waals surface area (Å²) in [6, 6.07) is 0. The molecule has 1 heterocycles. The maximum atomic E-state index is 10.5. The van der Waals surface area contributed by atoms with E-state index in [1.54, 1.807) is 0 Å². The summed E-state index contributed by atoms with van der Waals surface area (Å²) in [5.74, 6) is 0. The van der Waals surface area contributed by atoms with Gasteiger partial charge in [0, 0.05) is 0 Å². The molecule has 0 atom stereocenters. The Bertz CT molecular complexity index is 103. The molecule has 1 aliphatic rings. The van der Waals surface area contributed by atoms with Gasteiger partial charge in [0.1, 0.15) is 0 Å².